The predicted molar refractivity (Wildman–Crippen MR) is 141 cm³/mol. The smallest absolute Gasteiger partial charge is 0.230 e. The summed E-state index contributed by atoms with van der Waals surface area (Å²) in [5.41, 5.74) is 1.42. The second-order valence-electron chi connectivity index (χ2n) is 8.52. The van der Waals surface area contributed by atoms with Crippen molar-refractivity contribution in [2.75, 3.05) is 36.9 Å². The van der Waals surface area contributed by atoms with Gasteiger partial charge in [0.05, 0.1) is 24.2 Å². The number of H-pyrrole nitrogens is 1. The van der Waals surface area contributed by atoms with Crippen molar-refractivity contribution >= 4 is 34.1 Å². The first-order valence-electron chi connectivity index (χ1n) is 12.2. The summed E-state index contributed by atoms with van der Waals surface area (Å²) in [4.78, 5) is 23.0. The van der Waals surface area contributed by atoms with Gasteiger partial charge in [-0.15, -0.1) is 0 Å². The number of benzene rings is 2. The van der Waals surface area contributed by atoms with E-state index < -0.39 is 29.0 Å². The number of carbonyl (C=O) groups is 1. The fourth-order valence-corrected chi connectivity index (χ4v) is 3.81. The molecule has 12 heteroatoms. The van der Waals surface area contributed by atoms with Crippen molar-refractivity contribution in [3.8, 4) is 11.8 Å². The van der Waals surface area contributed by atoms with Crippen LogP contribution in [0.3, 0.4) is 0 Å². The van der Waals surface area contributed by atoms with Crippen LogP contribution in [0.15, 0.2) is 42.7 Å². The van der Waals surface area contributed by atoms with Crippen molar-refractivity contribution < 1.29 is 23.1 Å². The third kappa shape index (κ3) is 7.10. The van der Waals surface area contributed by atoms with Crippen LogP contribution in [-0.2, 0) is 11.2 Å². The van der Waals surface area contributed by atoms with Crippen LogP contribution < -0.4 is 10.6 Å². The Morgan fingerprint density at radius 1 is 1.10 bits per heavy atom. The van der Waals surface area contributed by atoms with Gasteiger partial charge >= 0.3 is 0 Å². The van der Waals surface area contributed by atoms with Gasteiger partial charge < -0.3 is 20.6 Å². The lowest BCUT2D eigenvalue weighted by Gasteiger charge is -2.16. The summed E-state index contributed by atoms with van der Waals surface area (Å²) in [6.45, 7) is 4.43. The molecule has 2 aromatic carbocycles. The Bertz CT molecular complexity index is 1530. The first kappa shape index (κ1) is 27.6. The summed E-state index contributed by atoms with van der Waals surface area (Å²) < 4.78 is 40.3. The van der Waals surface area contributed by atoms with E-state index in [0.29, 0.717) is 35.8 Å². The SMILES string of the molecule is CCN(CCO)CCC#Cc1ccc2c(Nc3cc(CC(=O)Nc4ccc(F)c(F)c4F)[nH]n3)ncnc2c1. The number of fused-ring (bicyclic) bond motifs is 1. The van der Waals surface area contributed by atoms with Gasteiger partial charge in [-0.3, -0.25) is 9.89 Å². The lowest BCUT2D eigenvalue weighted by atomic mass is 10.1. The number of nitrogens with one attached hydrogen (secondary N) is 3. The molecule has 2 heterocycles. The van der Waals surface area contributed by atoms with Gasteiger partial charge in [0.1, 0.15) is 12.1 Å². The molecule has 0 aliphatic carbocycles. The van der Waals surface area contributed by atoms with Gasteiger partial charge in [-0.05, 0) is 36.9 Å². The molecule has 202 valence electrons. The zero-order valence-electron chi connectivity index (χ0n) is 21.1. The summed E-state index contributed by atoms with van der Waals surface area (Å²) in [6, 6.07) is 8.83. The van der Waals surface area contributed by atoms with Crippen molar-refractivity contribution in [3.05, 3.63) is 71.4 Å². The summed E-state index contributed by atoms with van der Waals surface area (Å²) in [7, 11) is 0. The summed E-state index contributed by atoms with van der Waals surface area (Å²) in [5, 5.41) is 21.9. The number of aromatic nitrogens is 4. The normalized spacial score (nSPS) is 10.9. The molecular formula is C27H26F3N7O2. The number of amides is 1. The van der Waals surface area contributed by atoms with Crippen LogP contribution in [0.2, 0.25) is 0 Å². The Kier molecular flexibility index (Phi) is 9.09. The highest BCUT2D eigenvalue weighted by molar-refractivity contribution is 5.93. The number of hydrogen-bond donors (Lipinski definition) is 4. The van der Waals surface area contributed by atoms with Crippen LogP contribution in [0.4, 0.5) is 30.5 Å². The molecule has 0 saturated heterocycles. The molecule has 0 spiro atoms. The van der Waals surface area contributed by atoms with Crippen molar-refractivity contribution in [3.63, 3.8) is 0 Å². The number of aliphatic hydroxyl groups is 1. The summed E-state index contributed by atoms with van der Waals surface area (Å²) in [5.74, 6) is 2.04. The highest BCUT2D eigenvalue weighted by Crippen LogP contribution is 2.24. The number of likely N-dealkylation sites (N-methyl/N-ethyl adjacent to an activating group) is 1. The molecule has 0 radical (unpaired) electrons. The Balaban J connectivity index is 1.39. The number of anilines is 3. The van der Waals surface area contributed by atoms with Gasteiger partial charge in [0.15, 0.2) is 23.3 Å². The van der Waals surface area contributed by atoms with Crippen LogP contribution in [-0.4, -0.2) is 62.3 Å². The molecule has 4 N–H and O–H groups in total. The van der Waals surface area contributed by atoms with Crippen LogP contribution in [0.25, 0.3) is 10.9 Å². The van der Waals surface area contributed by atoms with Crippen LogP contribution in [0.1, 0.15) is 24.6 Å². The van der Waals surface area contributed by atoms with Crippen molar-refractivity contribution in [2.45, 2.75) is 19.8 Å². The molecule has 0 fully saturated rings. The van der Waals surface area contributed by atoms with Crippen LogP contribution in [0, 0.1) is 29.3 Å². The maximum atomic E-state index is 13.8. The molecule has 2 aromatic heterocycles. The molecule has 39 heavy (non-hydrogen) atoms. The first-order valence-corrected chi connectivity index (χ1v) is 12.2. The second kappa shape index (κ2) is 12.9. The monoisotopic (exact) mass is 537 g/mol. The molecule has 1 amide bonds. The predicted octanol–water partition coefficient (Wildman–Crippen LogP) is 3.75. The maximum absolute atomic E-state index is 13.8. The van der Waals surface area contributed by atoms with Gasteiger partial charge in [-0.25, -0.2) is 23.1 Å². The molecule has 0 saturated carbocycles. The molecule has 0 atom stereocenters. The number of halogens is 3. The third-order valence-electron chi connectivity index (χ3n) is 5.82. The quantitative estimate of drug-likeness (QED) is 0.180. The summed E-state index contributed by atoms with van der Waals surface area (Å²) >= 11 is 0. The van der Waals surface area contributed by atoms with E-state index >= 15 is 0 Å². The average Bonchev–Trinajstić information content (AvgIpc) is 3.37. The minimum Gasteiger partial charge on any atom is -0.395 e. The number of rotatable bonds is 10. The largest absolute Gasteiger partial charge is 0.395 e. The molecule has 0 unspecified atom stereocenters. The van der Waals surface area contributed by atoms with Gasteiger partial charge in [-0.1, -0.05) is 18.8 Å². The maximum Gasteiger partial charge on any atom is 0.230 e. The number of aromatic amines is 1. The molecule has 0 aliphatic rings. The molecule has 9 nitrogen and oxygen atoms in total. The van der Waals surface area contributed by atoms with E-state index in [-0.39, 0.29) is 13.0 Å². The molecule has 0 bridgehead atoms. The van der Waals surface area contributed by atoms with Gasteiger partial charge in [0.2, 0.25) is 5.91 Å². The van der Waals surface area contributed by atoms with Gasteiger partial charge in [0.25, 0.3) is 0 Å². The van der Waals surface area contributed by atoms with E-state index in [9.17, 15) is 18.0 Å². The summed E-state index contributed by atoms with van der Waals surface area (Å²) in [6.07, 6.45) is 1.88. The highest BCUT2D eigenvalue weighted by atomic mass is 19.2. The van der Waals surface area contributed by atoms with E-state index in [1.54, 1.807) is 6.07 Å². The van der Waals surface area contributed by atoms with Crippen LogP contribution >= 0.6 is 0 Å². The van der Waals surface area contributed by atoms with Crippen molar-refractivity contribution in [1.29, 1.82) is 0 Å². The lowest BCUT2D eigenvalue weighted by Crippen LogP contribution is -2.27. The van der Waals surface area contributed by atoms with E-state index in [4.69, 9.17) is 5.11 Å². The second-order valence-corrected chi connectivity index (χ2v) is 8.52. The van der Waals surface area contributed by atoms with E-state index in [1.807, 2.05) is 25.1 Å². The van der Waals surface area contributed by atoms with Crippen molar-refractivity contribution in [1.82, 2.24) is 25.1 Å². The zero-order chi connectivity index (χ0) is 27.8. The molecule has 4 rings (SSSR count). The third-order valence-corrected chi connectivity index (χ3v) is 5.82. The Morgan fingerprint density at radius 3 is 2.74 bits per heavy atom. The average molecular weight is 538 g/mol. The minimum atomic E-state index is -1.66. The number of hydrogen-bond acceptors (Lipinski definition) is 7. The fraction of sp³-hybridized carbons (Fsp3) is 0.259. The number of nitrogens with zero attached hydrogens (tertiary/aromatic N) is 4. The van der Waals surface area contributed by atoms with E-state index in [2.05, 4.69) is 47.5 Å². The fourth-order valence-electron chi connectivity index (χ4n) is 3.81. The topological polar surface area (TPSA) is 119 Å². The Hall–Kier alpha value is -4.47. The number of carbonyl (C=O) groups excluding carboxylic acids is 1. The highest BCUT2D eigenvalue weighted by Gasteiger charge is 2.16. The van der Waals surface area contributed by atoms with Gasteiger partial charge in [0, 0.05) is 42.2 Å². The lowest BCUT2D eigenvalue weighted by molar-refractivity contribution is -0.115. The standard InChI is InChI=1S/C27H26F3N7O2/c1-2-37(11-12-38)10-4-3-5-17-6-7-19-22(13-17)31-16-32-27(19)34-23-14-18(35-36-23)15-24(39)33-21-9-8-20(28)25(29)26(21)30/h6-9,13-14,16,38H,2,4,10-12,15H2,1H3,(H,33,39)(H2,31,32,34,35,36). The van der Waals surface area contributed by atoms with E-state index in [0.717, 1.165) is 36.2 Å². The molecule has 4 aromatic rings. The Morgan fingerprint density at radius 2 is 1.95 bits per heavy atom. The molecule has 0 aliphatic heterocycles. The molecular weight excluding hydrogens is 511 g/mol. The number of aliphatic hydroxyl groups excluding tert-OH is 1. The zero-order valence-corrected chi connectivity index (χ0v) is 21.1. The van der Waals surface area contributed by atoms with Gasteiger partial charge in [-0.2, -0.15) is 5.10 Å². The van der Waals surface area contributed by atoms with Crippen molar-refractivity contribution in [2.24, 2.45) is 0 Å². The minimum absolute atomic E-state index is 0.123. The first-order chi connectivity index (χ1) is 18.9. The van der Waals surface area contributed by atoms with E-state index in [1.165, 1.54) is 6.33 Å². The van der Waals surface area contributed by atoms with Crippen LogP contribution in [0.5, 0.6) is 0 Å². The Labute approximate surface area is 222 Å².